The molecule has 2 aliphatic rings. The molecule has 0 atom stereocenters. The highest BCUT2D eigenvalue weighted by Crippen LogP contribution is 2.29. The molecule has 0 spiro atoms. The fourth-order valence-electron chi connectivity index (χ4n) is 3.81. The van der Waals surface area contributed by atoms with Gasteiger partial charge in [0.2, 0.25) is 5.91 Å². The van der Waals surface area contributed by atoms with E-state index in [1.165, 1.54) is 7.05 Å². The highest BCUT2D eigenvalue weighted by Gasteiger charge is 2.32. The Morgan fingerprint density at radius 2 is 1.61 bits per heavy atom. The van der Waals surface area contributed by atoms with Gasteiger partial charge in [0.05, 0.1) is 0 Å². The fraction of sp³-hybridized carbons (Fsp3) is 0.318. The van der Waals surface area contributed by atoms with Crippen molar-refractivity contribution >= 4 is 17.8 Å². The highest BCUT2D eigenvalue weighted by molar-refractivity contribution is 6.01. The molecule has 0 aliphatic carbocycles. The first-order valence-corrected chi connectivity index (χ1v) is 9.55. The van der Waals surface area contributed by atoms with E-state index in [4.69, 9.17) is 0 Å². The van der Waals surface area contributed by atoms with Crippen LogP contribution in [0.5, 0.6) is 0 Å². The average molecular weight is 377 g/mol. The predicted octanol–water partition coefficient (Wildman–Crippen LogP) is 3.11. The van der Waals surface area contributed by atoms with Gasteiger partial charge < -0.3 is 9.80 Å². The van der Waals surface area contributed by atoms with Crippen LogP contribution in [0.25, 0.3) is 11.1 Å². The summed E-state index contributed by atoms with van der Waals surface area (Å²) in [6.07, 6.45) is 0.953. The van der Waals surface area contributed by atoms with Crippen molar-refractivity contribution in [3.63, 3.8) is 0 Å². The van der Waals surface area contributed by atoms with Crippen LogP contribution in [0.2, 0.25) is 0 Å². The van der Waals surface area contributed by atoms with Gasteiger partial charge in [-0.3, -0.25) is 14.5 Å². The molecule has 0 radical (unpaired) electrons. The minimum atomic E-state index is -0.256. The third-order valence-corrected chi connectivity index (χ3v) is 5.40. The van der Waals surface area contributed by atoms with Crippen LogP contribution in [0, 0.1) is 0 Å². The van der Waals surface area contributed by atoms with Crippen molar-refractivity contribution in [3.05, 3.63) is 59.2 Å². The third-order valence-electron chi connectivity index (χ3n) is 5.40. The first-order valence-electron chi connectivity index (χ1n) is 9.55. The lowest BCUT2D eigenvalue weighted by atomic mass is 9.99. The standard InChI is InChI=1S/C22H23N3O3/c1-3-10-24-13-18-11-17(8-9-19(18)21(24)27)16-6-4-15(5-7-16)12-25-14-20(26)23(2)22(25)28/h4-9,11H,3,10,12-14H2,1-2H3. The molecular weight excluding hydrogens is 354 g/mol. The number of likely N-dealkylation sites (N-methyl/N-ethyl adjacent to an activating group) is 1. The second-order valence-electron chi connectivity index (χ2n) is 7.39. The van der Waals surface area contributed by atoms with Crippen molar-refractivity contribution < 1.29 is 14.4 Å². The largest absolute Gasteiger partial charge is 0.334 e. The van der Waals surface area contributed by atoms with E-state index >= 15 is 0 Å². The second kappa shape index (κ2) is 7.11. The summed E-state index contributed by atoms with van der Waals surface area (Å²) in [5.41, 5.74) is 4.99. The Kier molecular flexibility index (Phi) is 4.63. The maximum Gasteiger partial charge on any atom is 0.327 e. The third kappa shape index (κ3) is 3.15. The van der Waals surface area contributed by atoms with Crippen molar-refractivity contribution in [1.29, 1.82) is 0 Å². The van der Waals surface area contributed by atoms with E-state index < -0.39 is 0 Å². The van der Waals surface area contributed by atoms with E-state index in [9.17, 15) is 14.4 Å². The number of hydrogen-bond donors (Lipinski definition) is 0. The molecule has 0 aromatic heterocycles. The van der Waals surface area contributed by atoms with Gasteiger partial charge in [0.15, 0.2) is 0 Å². The number of carbonyl (C=O) groups excluding carboxylic acids is 3. The van der Waals surface area contributed by atoms with Gasteiger partial charge in [-0.05, 0) is 40.8 Å². The molecular formula is C22H23N3O3. The highest BCUT2D eigenvalue weighted by atomic mass is 16.2. The fourth-order valence-corrected chi connectivity index (χ4v) is 3.81. The quantitative estimate of drug-likeness (QED) is 0.752. The Hall–Kier alpha value is -3.15. The Labute approximate surface area is 164 Å². The summed E-state index contributed by atoms with van der Waals surface area (Å²) in [6, 6.07) is 13.7. The zero-order valence-corrected chi connectivity index (χ0v) is 16.1. The van der Waals surface area contributed by atoms with Crippen LogP contribution in [-0.2, 0) is 17.9 Å². The topological polar surface area (TPSA) is 60.9 Å². The number of amides is 4. The number of fused-ring (bicyclic) bond motifs is 1. The van der Waals surface area contributed by atoms with Gasteiger partial charge in [-0.25, -0.2) is 4.79 Å². The molecule has 4 rings (SSSR count). The van der Waals surface area contributed by atoms with E-state index in [1.54, 1.807) is 4.90 Å². The minimum absolute atomic E-state index is 0.119. The molecule has 6 heteroatoms. The number of hydrogen-bond acceptors (Lipinski definition) is 3. The Morgan fingerprint density at radius 1 is 0.893 bits per heavy atom. The van der Waals surface area contributed by atoms with Crippen LogP contribution < -0.4 is 0 Å². The van der Waals surface area contributed by atoms with Gasteiger partial charge in [0.25, 0.3) is 5.91 Å². The SMILES string of the molecule is CCCN1Cc2cc(-c3ccc(CN4CC(=O)N(C)C4=O)cc3)ccc2C1=O. The predicted molar refractivity (Wildman–Crippen MR) is 105 cm³/mol. The molecule has 0 saturated carbocycles. The molecule has 0 unspecified atom stereocenters. The van der Waals surface area contributed by atoms with Crippen LogP contribution in [0.3, 0.4) is 0 Å². The van der Waals surface area contributed by atoms with Gasteiger partial charge in [-0.1, -0.05) is 37.3 Å². The number of urea groups is 1. The molecule has 1 fully saturated rings. The molecule has 2 aromatic carbocycles. The Morgan fingerprint density at radius 3 is 2.25 bits per heavy atom. The molecule has 1 saturated heterocycles. The molecule has 2 heterocycles. The average Bonchev–Trinajstić information content (AvgIpc) is 3.13. The normalized spacial score (nSPS) is 16.4. The first kappa shape index (κ1) is 18.2. The molecule has 28 heavy (non-hydrogen) atoms. The van der Waals surface area contributed by atoms with Crippen molar-refractivity contribution in [3.8, 4) is 11.1 Å². The monoisotopic (exact) mass is 377 g/mol. The van der Waals surface area contributed by atoms with E-state index in [0.717, 1.165) is 45.7 Å². The Bertz CT molecular complexity index is 952. The van der Waals surface area contributed by atoms with E-state index in [2.05, 4.69) is 13.0 Å². The lowest BCUT2D eigenvalue weighted by Gasteiger charge is -2.15. The molecule has 0 bridgehead atoms. The van der Waals surface area contributed by atoms with Crippen LogP contribution >= 0.6 is 0 Å². The second-order valence-corrected chi connectivity index (χ2v) is 7.39. The lowest BCUT2D eigenvalue weighted by Crippen LogP contribution is -2.29. The molecule has 144 valence electrons. The number of carbonyl (C=O) groups is 3. The van der Waals surface area contributed by atoms with Crippen molar-refractivity contribution in [2.24, 2.45) is 0 Å². The van der Waals surface area contributed by atoms with Gasteiger partial charge in [-0.15, -0.1) is 0 Å². The zero-order valence-electron chi connectivity index (χ0n) is 16.1. The molecule has 2 aromatic rings. The van der Waals surface area contributed by atoms with Crippen LogP contribution in [0.4, 0.5) is 4.79 Å². The van der Waals surface area contributed by atoms with Crippen molar-refractivity contribution in [2.45, 2.75) is 26.4 Å². The molecule has 0 N–H and O–H groups in total. The van der Waals surface area contributed by atoms with Gasteiger partial charge in [-0.2, -0.15) is 0 Å². The summed E-state index contributed by atoms with van der Waals surface area (Å²) in [5, 5.41) is 0. The van der Waals surface area contributed by atoms with E-state index in [0.29, 0.717) is 13.1 Å². The van der Waals surface area contributed by atoms with Gasteiger partial charge >= 0.3 is 6.03 Å². The lowest BCUT2D eigenvalue weighted by molar-refractivity contribution is -0.124. The smallest absolute Gasteiger partial charge is 0.327 e. The van der Waals surface area contributed by atoms with Crippen molar-refractivity contribution in [2.75, 3.05) is 20.1 Å². The summed E-state index contributed by atoms with van der Waals surface area (Å²) >= 11 is 0. The summed E-state index contributed by atoms with van der Waals surface area (Å²) in [5.74, 6) is -0.0556. The number of nitrogens with zero attached hydrogens (tertiary/aromatic N) is 3. The van der Waals surface area contributed by atoms with Crippen LogP contribution in [0.15, 0.2) is 42.5 Å². The summed E-state index contributed by atoms with van der Waals surface area (Å²) < 4.78 is 0. The van der Waals surface area contributed by atoms with Gasteiger partial charge in [0, 0.05) is 32.2 Å². The molecule has 2 aliphatic heterocycles. The zero-order chi connectivity index (χ0) is 19.8. The minimum Gasteiger partial charge on any atom is -0.334 e. The number of imide groups is 1. The molecule has 4 amide bonds. The van der Waals surface area contributed by atoms with Crippen molar-refractivity contribution in [1.82, 2.24) is 14.7 Å². The maximum absolute atomic E-state index is 12.4. The molecule has 6 nitrogen and oxygen atoms in total. The number of rotatable bonds is 5. The van der Waals surface area contributed by atoms with E-state index in [-0.39, 0.29) is 24.4 Å². The Balaban J connectivity index is 1.50. The van der Waals surface area contributed by atoms with Gasteiger partial charge in [0.1, 0.15) is 6.54 Å². The number of benzene rings is 2. The van der Waals surface area contributed by atoms with Crippen LogP contribution in [0.1, 0.15) is 34.8 Å². The summed E-state index contributed by atoms with van der Waals surface area (Å²) in [4.78, 5) is 40.6. The summed E-state index contributed by atoms with van der Waals surface area (Å²) in [6.45, 7) is 4.08. The van der Waals surface area contributed by atoms with Crippen LogP contribution in [-0.4, -0.2) is 52.7 Å². The maximum atomic E-state index is 12.4. The first-order chi connectivity index (χ1) is 13.5. The van der Waals surface area contributed by atoms with E-state index in [1.807, 2.05) is 41.3 Å². The summed E-state index contributed by atoms with van der Waals surface area (Å²) in [7, 11) is 1.51.